The summed E-state index contributed by atoms with van der Waals surface area (Å²) in [7, 11) is 0. The van der Waals surface area contributed by atoms with Crippen LogP contribution in [-0.4, -0.2) is 37.2 Å². The summed E-state index contributed by atoms with van der Waals surface area (Å²) in [4.78, 5) is 38.0. The maximum atomic E-state index is 12.8. The zero-order valence-electron chi connectivity index (χ0n) is 44.4. The third-order valence-electron chi connectivity index (χ3n) is 12.5. The van der Waals surface area contributed by atoms with E-state index in [9.17, 15) is 14.4 Å². The van der Waals surface area contributed by atoms with Gasteiger partial charge in [-0.05, 0) is 77.0 Å². The van der Waals surface area contributed by atoms with Crippen LogP contribution >= 0.6 is 0 Å². The van der Waals surface area contributed by atoms with Crippen molar-refractivity contribution in [1.29, 1.82) is 0 Å². The Morgan fingerprint density at radius 2 is 0.612 bits per heavy atom. The number of unbranched alkanes of at least 4 members (excludes halogenated alkanes) is 31. The summed E-state index contributed by atoms with van der Waals surface area (Å²) in [5, 5.41) is 0. The first-order valence-electron chi connectivity index (χ1n) is 28.8. The van der Waals surface area contributed by atoms with Crippen LogP contribution in [0.1, 0.15) is 290 Å². The minimum absolute atomic E-state index is 0.0748. The lowest BCUT2D eigenvalue weighted by atomic mass is 10.0. The maximum Gasteiger partial charge on any atom is 0.306 e. The monoisotopic (exact) mass is 937 g/mol. The van der Waals surface area contributed by atoms with Gasteiger partial charge in [0.15, 0.2) is 6.10 Å². The van der Waals surface area contributed by atoms with E-state index in [4.69, 9.17) is 14.2 Å². The Balaban J connectivity index is 4.21. The van der Waals surface area contributed by atoms with E-state index in [1.165, 1.54) is 154 Å². The van der Waals surface area contributed by atoms with Gasteiger partial charge in [0, 0.05) is 19.3 Å². The predicted molar refractivity (Wildman–Crippen MR) is 288 cm³/mol. The van der Waals surface area contributed by atoms with Crippen LogP contribution in [0.2, 0.25) is 0 Å². The van der Waals surface area contributed by atoms with Gasteiger partial charge in [-0.15, -0.1) is 0 Å². The standard InChI is InChI=1S/C61H108O6/c1-4-7-10-13-16-19-22-24-26-27-28-29-30-31-32-33-34-35-36-38-39-42-45-48-51-54-60(63)66-57-58(56-65-59(62)53-50-47-44-41-21-18-15-12-9-6-3)67-61(64)55-52-49-46-43-40-37-25-23-20-17-14-11-8-5-2/h7,10,12,15-16,19,24,26,28-29,58H,4-6,8-9,11,13-14,17-18,20-23,25,27,30-57H2,1-3H3/b10-7-,15-12-,19-16-,26-24-,29-28-. The Morgan fingerprint density at radius 1 is 0.313 bits per heavy atom. The van der Waals surface area contributed by atoms with Crippen LogP contribution in [0.3, 0.4) is 0 Å². The predicted octanol–water partition coefficient (Wildman–Crippen LogP) is 19.2. The molecule has 0 heterocycles. The van der Waals surface area contributed by atoms with Crippen LogP contribution in [0.25, 0.3) is 0 Å². The van der Waals surface area contributed by atoms with Crippen molar-refractivity contribution in [2.45, 2.75) is 297 Å². The van der Waals surface area contributed by atoms with Crippen molar-refractivity contribution < 1.29 is 28.6 Å². The smallest absolute Gasteiger partial charge is 0.306 e. The maximum absolute atomic E-state index is 12.8. The molecular formula is C61H108O6. The molecule has 0 radical (unpaired) electrons. The molecular weight excluding hydrogens is 829 g/mol. The lowest BCUT2D eigenvalue weighted by Crippen LogP contribution is -2.30. The quantitative estimate of drug-likeness (QED) is 0.0262. The van der Waals surface area contributed by atoms with Crippen LogP contribution in [0.5, 0.6) is 0 Å². The second kappa shape index (κ2) is 55.7. The summed E-state index contributed by atoms with van der Waals surface area (Å²) in [6.45, 7) is 6.48. The van der Waals surface area contributed by atoms with Crippen molar-refractivity contribution >= 4 is 17.9 Å². The summed E-state index contributed by atoms with van der Waals surface area (Å²) in [6.07, 6.45) is 69.4. The van der Waals surface area contributed by atoms with Crippen molar-refractivity contribution in [3.05, 3.63) is 60.8 Å². The summed E-state index contributed by atoms with van der Waals surface area (Å²) >= 11 is 0. The lowest BCUT2D eigenvalue weighted by Gasteiger charge is -2.18. The molecule has 0 amide bonds. The first kappa shape index (κ1) is 64.1. The lowest BCUT2D eigenvalue weighted by molar-refractivity contribution is -0.167. The average molecular weight is 938 g/mol. The fourth-order valence-electron chi connectivity index (χ4n) is 8.20. The molecule has 1 unspecified atom stereocenters. The van der Waals surface area contributed by atoms with E-state index in [0.29, 0.717) is 19.3 Å². The minimum Gasteiger partial charge on any atom is -0.462 e. The van der Waals surface area contributed by atoms with Crippen molar-refractivity contribution in [1.82, 2.24) is 0 Å². The number of hydrogen-bond acceptors (Lipinski definition) is 6. The fraction of sp³-hybridized carbons (Fsp3) is 0.787. The molecule has 0 rings (SSSR count). The van der Waals surface area contributed by atoms with E-state index in [2.05, 4.69) is 81.5 Å². The molecule has 0 aliphatic heterocycles. The summed E-state index contributed by atoms with van der Waals surface area (Å²) < 4.78 is 16.8. The van der Waals surface area contributed by atoms with Crippen LogP contribution in [0, 0.1) is 0 Å². The highest BCUT2D eigenvalue weighted by molar-refractivity contribution is 5.71. The van der Waals surface area contributed by atoms with Gasteiger partial charge in [-0.3, -0.25) is 14.4 Å². The number of allylic oxidation sites excluding steroid dienone is 10. The topological polar surface area (TPSA) is 78.9 Å². The van der Waals surface area contributed by atoms with Gasteiger partial charge in [-0.2, -0.15) is 0 Å². The molecule has 0 N–H and O–H groups in total. The molecule has 6 heteroatoms. The molecule has 67 heavy (non-hydrogen) atoms. The van der Waals surface area contributed by atoms with Gasteiger partial charge < -0.3 is 14.2 Å². The third kappa shape index (κ3) is 53.9. The molecule has 0 aliphatic carbocycles. The van der Waals surface area contributed by atoms with Crippen LogP contribution in [-0.2, 0) is 28.6 Å². The molecule has 0 aromatic carbocycles. The zero-order chi connectivity index (χ0) is 48.6. The van der Waals surface area contributed by atoms with Gasteiger partial charge in [-0.1, -0.05) is 255 Å². The van der Waals surface area contributed by atoms with E-state index in [0.717, 1.165) is 96.3 Å². The number of rotatable bonds is 52. The summed E-state index contributed by atoms with van der Waals surface area (Å²) in [6, 6.07) is 0. The molecule has 1 atom stereocenters. The van der Waals surface area contributed by atoms with E-state index in [1.54, 1.807) is 0 Å². The minimum atomic E-state index is -0.774. The van der Waals surface area contributed by atoms with E-state index >= 15 is 0 Å². The first-order chi connectivity index (χ1) is 33.0. The van der Waals surface area contributed by atoms with Gasteiger partial charge in [0.25, 0.3) is 0 Å². The molecule has 0 saturated heterocycles. The van der Waals surface area contributed by atoms with Crippen LogP contribution in [0.15, 0.2) is 60.8 Å². The fourth-order valence-corrected chi connectivity index (χ4v) is 8.20. The van der Waals surface area contributed by atoms with E-state index < -0.39 is 6.10 Å². The van der Waals surface area contributed by atoms with Gasteiger partial charge in [0.2, 0.25) is 0 Å². The highest BCUT2D eigenvalue weighted by Gasteiger charge is 2.19. The zero-order valence-corrected chi connectivity index (χ0v) is 44.4. The second-order valence-corrected chi connectivity index (χ2v) is 19.2. The molecule has 0 aliphatic rings. The number of carbonyl (C=O) groups is 3. The van der Waals surface area contributed by atoms with Gasteiger partial charge in [-0.25, -0.2) is 0 Å². The summed E-state index contributed by atoms with van der Waals surface area (Å²) in [5.41, 5.74) is 0. The Morgan fingerprint density at radius 3 is 0.985 bits per heavy atom. The van der Waals surface area contributed by atoms with Crippen molar-refractivity contribution in [2.24, 2.45) is 0 Å². The van der Waals surface area contributed by atoms with Crippen molar-refractivity contribution in [3.8, 4) is 0 Å². The normalized spacial score (nSPS) is 12.5. The second-order valence-electron chi connectivity index (χ2n) is 19.2. The Labute approximate surface area is 415 Å². The highest BCUT2D eigenvalue weighted by Crippen LogP contribution is 2.16. The average Bonchev–Trinajstić information content (AvgIpc) is 3.33. The third-order valence-corrected chi connectivity index (χ3v) is 12.5. The van der Waals surface area contributed by atoms with E-state index in [1.807, 2.05) is 0 Å². The van der Waals surface area contributed by atoms with Crippen molar-refractivity contribution in [2.75, 3.05) is 13.2 Å². The number of esters is 3. The van der Waals surface area contributed by atoms with Crippen LogP contribution < -0.4 is 0 Å². The van der Waals surface area contributed by atoms with Crippen LogP contribution in [0.4, 0.5) is 0 Å². The Kier molecular flexibility index (Phi) is 53.3. The molecule has 0 aromatic heterocycles. The molecule has 0 fully saturated rings. The Bertz CT molecular complexity index is 1210. The van der Waals surface area contributed by atoms with E-state index in [-0.39, 0.29) is 31.1 Å². The van der Waals surface area contributed by atoms with Gasteiger partial charge in [0.1, 0.15) is 13.2 Å². The van der Waals surface area contributed by atoms with Gasteiger partial charge in [0.05, 0.1) is 0 Å². The molecule has 388 valence electrons. The molecule has 0 saturated carbocycles. The Hall–Kier alpha value is -2.89. The molecule has 0 spiro atoms. The first-order valence-corrected chi connectivity index (χ1v) is 28.8. The molecule has 0 aromatic rings. The number of ether oxygens (including phenoxy) is 3. The van der Waals surface area contributed by atoms with Gasteiger partial charge >= 0.3 is 17.9 Å². The SMILES string of the molecule is CC/C=C\C/C=C\C/C=C\C/C=C\CCCCCCCCCCCCCCC(=O)OCC(COC(=O)CCCCCCC/C=C\CCC)OC(=O)CCCCCCCCCCCCCCCC. The molecule has 0 bridgehead atoms. The largest absolute Gasteiger partial charge is 0.462 e. The molecule has 6 nitrogen and oxygen atoms in total. The number of hydrogen-bond donors (Lipinski definition) is 0. The van der Waals surface area contributed by atoms with Crippen molar-refractivity contribution in [3.63, 3.8) is 0 Å². The highest BCUT2D eigenvalue weighted by atomic mass is 16.6. The summed E-state index contributed by atoms with van der Waals surface area (Å²) in [5.74, 6) is -0.876. The number of carbonyl (C=O) groups excluding carboxylic acids is 3.